The van der Waals surface area contributed by atoms with Crippen LogP contribution >= 0.6 is 0 Å². The molecule has 38 heavy (non-hydrogen) atoms. The molecule has 0 bridgehead atoms. The summed E-state index contributed by atoms with van der Waals surface area (Å²) in [5, 5.41) is 3.36. The van der Waals surface area contributed by atoms with E-state index in [1.54, 1.807) is 4.90 Å². The predicted molar refractivity (Wildman–Crippen MR) is 148 cm³/mol. The summed E-state index contributed by atoms with van der Waals surface area (Å²) in [5.74, 6) is -2.13. The van der Waals surface area contributed by atoms with Crippen molar-refractivity contribution in [2.75, 3.05) is 49.7 Å². The average Bonchev–Trinajstić information content (AvgIpc) is 3.35. The van der Waals surface area contributed by atoms with Crippen LogP contribution in [0.1, 0.15) is 56.7 Å². The van der Waals surface area contributed by atoms with Gasteiger partial charge in [0.15, 0.2) is 11.6 Å². The number of ether oxygens (including phenoxy) is 2. The van der Waals surface area contributed by atoms with E-state index in [2.05, 4.69) is 61.2 Å². The number of anilines is 2. The number of amides is 1. The molecule has 2 aromatic rings. The van der Waals surface area contributed by atoms with E-state index in [0.717, 1.165) is 25.7 Å². The third-order valence-corrected chi connectivity index (χ3v) is 6.30. The fourth-order valence-corrected chi connectivity index (χ4v) is 4.00. The van der Waals surface area contributed by atoms with Crippen molar-refractivity contribution in [3.8, 4) is 5.88 Å². The van der Waals surface area contributed by atoms with Crippen LogP contribution in [0.25, 0.3) is 0 Å². The number of carbonyl (C=O) groups excluding carboxylic acids is 1. The number of piperidine rings is 1. The Morgan fingerprint density at radius 2 is 1.82 bits per heavy atom. The van der Waals surface area contributed by atoms with E-state index in [-0.39, 0.29) is 24.8 Å². The molecule has 2 saturated heterocycles. The lowest BCUT2D eigenvalue weighted by molar-refractivity contribution is 0.152. The highest BCUT2D eigenvalue weighted by atomic mass is 19.1. The number of aromatic nitrogens is 1. The van der Waals surface area contributed by atoms with Gasteiger partial charge in [-0.2, -0.15) is 14.5 Å². The van der Waals surface area contributed by atoms with Crippen LogP contribution in [-0.2, 0) is 11.2 Å². The number of pyridine rings is 1. The molecule has 3 heterocycles. The monoisotopic (exact) mass is 533 g/mol. The maximum Gasteiger partial charge on any atom is 0.410 e. The molecule has 8 nitrogen and oxygen atoms in total. The number of benzene rings is 1. The second-order valence-corrected chi connectivity index (χ2v) is 8.78. The minimum atomic E-state index is -0.986. The summed E-state index contributed by atoms with van der Waals surface area (Å²) < 4.78 is 39.4. The van der Waals surface area contributed by atoms with Crippen LogP contribution in [0, 0.1) is 25.5 Å². The summed E-state index contributed by atoms with van der Waals surface area (Å²) in [6.07, 6.45) is 3.59. The molecule has 0 atom stereocenters. The van der Waals surface area contributed by atoms with Gasteiger partial charge in [-0.3, -0.25) is 5.43 Å². The minimum Gasteiger partial charge on any atom is -0.474 e. The first-order valence-electron chi connectivity index (χ1n) is 13.3. The molecule has 2 aliphatic heterocycles. The van der Waals surface area contributed by atoms with E-state index in [4.69, 9.17) is 9.47 Å². The van der Waals surface area contributed by atoms with Crippen molar-refractivity contribution in [1.29, 1.82) is 0 Å². The van der Waals surface area contributed by atoms with Crippen molar-refractivity contribution in [1.82, 2.24) is 9.88 Å². The molecular weight excluding hydrogens is 492 g/mol. The van der Waals surface area contributed by atoms with Gasteiger partial charge >= 0.3 is 6.09 Å². The zero-order chi connectivity index (χ0) is 28.1. The van der Waals surface area contributed by atoms with E-state index in [0.29, 0.717) is 26.2 Å². The lowest BCUT2D eigenvalue weighted by Crippen LogP contribution is -2.32. The van der Waals surface area contributed by atoms with E-state index in [1.807, 2.05) is 13.8 Å². The molecule has 2 aliphatic rings. The topological polar surface area (TPSA) is 79.3 Å². The lowest BCUT2D eigenvalue weighted by atomic mass is 10.1. The first-order chi connectivity index (χ1) is 18.3. The molecule has 1 amide bonds. The Balaban J connectivity index is 0.000000353. The quantitative estimate of drug-likeness (QED) is 0.326. The third-order valence-electron chi connectivity index (χ3n) is 6.30. The SMILES string of the molecule is C=NNc1c(F)c(OCCN2CCOC2=O)nc(N2CCCCC2)c1F.CC.CCc1ccc(C)c(C)c1. The highest BCUT2D eigenvalue weighted by molar-refractivity contribution is 5.69. The van der Waals surface area contributed by atoms with Crippen LogP contribution < -0.4 is 15.1 Å². The van der Waals surface area contributed by atoms with Crippen LogP contribution in [0.5, 0.6) is 5.88 Å². The average molecular weight is 534 g/mol. The largest absolute Gasteiger partial charge is 0.474 e. The zero-order valence-corrected chi connectivity index (χ0v) is 23.3. The first kappa shape index (κ1) is 30.8. The van der Waals surface area contributed by atoms with Gasteiger partial charge in [-0.05, 0) is 56.2 Å². The molecule has 1 aromatic carbocycles. The number of nitrogens with zero attached hydrogens (tertiary/aromatic N) is 4. The molecule has 1 aromatic heterocycles. The molecule has 210 valence electrons. The second kappa shape index (κ2) is 15.7. The third kappa shape index (κ3) is 8.29. The molecule has 0 unspecified atom stereocenters. The zero-order valence-electron chi connectivity index (χ0n) is 23.3. The standard InChI is InChI=1S/C16H21F2N5O3.C10H14.C2H6/c1-19-21-13-11(17)14(22-5-3-2-4-6-22)20-15(12(13)18)25-9-7-23-8-10-26-16(23)24;1-4-10-6-5-8(2)9(3)7-10;1-2/h1-10H2,(H,20,21);5-7H,4H2,1-3H3;1-2H3. The van der Waals surface area contributed by atoms with Gasteiger partial charge in [0.2, 0.25) is 5.82 Å². The Kier molecular flexibility index (Phi) is 12.8. The molecule has 10 heteroatoms. The van der Waals surface area contributed by atoms with E-state index in [1.165, 1.54) is 21.6 Å². The van der Waals surface area contributed by atoms with Gasteiger partial charge in [-0.1, -0.05) is 39.0 Å². The number of nitrogens with one attached hydrogen (secondary N) is 1. The number of halogens is 2. The summed E-state index contributed by atoms with van der Waals surface area (Å²) in [5.41, 5.74) is 6.00. The van der Waals surface area contributed by atoms with Gasteiger partial charge in [0.05, 0.1) is 13.1 Å². The Morgan fingerprint density at radius 3 is 2.39 bits per heavy atom. The van der Waals surface area contributed by atoms with Crippen molar-refractivity contribution in [3.05, 3.63) is 46.5 Å². The number of hydrogen-bond acceptors (Lipinski definition) is 7. The Labute approximate surface area is 225 Å². The maximum absolute atomic E-state index is 14.7. The second-order valence-electron chi connectivity index (χ2n) is 8.78. The number of rotatable bonds is 8. The molecule has 2 fully saturated rings. The van der Waals surface area contributed by atoms with Crippen molar-refractivity contribution in [2.24, 2.45) is 5.10 Å². The van der Waals surface area contributed by atoms with Gasteiger partial charge in [0.25, 0.3) is 5.88 Å². The maximum atomic E-state index is 14.7. The van der Waals surface area contributed by atoms with Crippen LogP contribution in [0.15, 0.2) is 23.3 Å². The van der Waals surface area contributed by atoms with E-state index >= 15 is 0 Å². The fraction of sp³-hybridized carbons (Fsp3) is 0.536. The number of hydrazone groups is 1. The summed E-state index contributed by atoms with van der Waals surface area (Å²) in [4.78, 5) is 18.6. The van der Waals surface area contributed by atoms with Gasteiger partial charge in [-0.25, -0.2) is 9.18 Å². The summed E-state index contributed by atoms with van der Waals surface area (Å²) >= 11 is 0. The van der Waals surface area contributed by atoms with E-state index < -0.39 is 23.4 Å². The van der Waals surface area contributed by atoms with Crippen molar-refractivity contribution < 1.29 is 23.0 Å². The smallest absolute Gasteiger partial charge is 0.410 e. The molecule has 4 rings (SSSR count). The number of aryl methyl sites for hydroxylation is 3. The van der Waals surface area contributed by atoms with Crippen LogP contribution in [-0.4, -0.2) is 62.1 Å². The predicted octanol–water partition coefficient (Wildman–Crippen LogP) is 6.10. The molecular formula is C28H41F2N5O3. The van der Waals surface area contributed by atoms with Crippen molar-refractivity contribution in [2.45, 2.75) is 60.3 Å². The first-order valence-corrected chi connectivity index (χ1v) is 13.3. The van der Waals surface area contributed by atoms with Crippen molar-refractivity contribution in [3.63, 3.8) is 0 Å². The molecule has 0 aliphatic carbocycles. The van der Waals surface area contributed by atoms with Crippen LogP contribution in [0.2, 0.25) is 0 Å². The summed E-state index contributed by atoms with van der Waals surface area (Å²) in [6.45, 7) is 16.0. The minimum absolute atomic E-state index is 0.00501. The molecule has 0 radical (unpaired) electrons. The van der Waals surface area contributed by atoms with Crippen LogP contribution in [0.3, 0.4) is 0 Å². The lowest BCUT2D eigenvalue weighted by Gasteiger charge is -2.29. The number of hydrogen-bond donors (Lipinski definition) is 1. The van der Waals surface area contributed by atoms with Gasteiger partial charge in [0, 0.05) is 19.8 Å². The van der Waals surface area contributed by atoms with Gasteiger partial charge in [0.1, 0.15) is 18.9 Å². The normalized spacial score (nSPS) is 14.6. The Hall–Kier alpha value is -3.43. The number of cyclic esters (lactones) is 1. The van der Waals surface area contributed by atoms with Gasteiger partial charge in [-0.15, -0.1) is 0 Å². The fourth-order valence-electron chi connectivity index (χ4n) is 4.00. The molecule has 1 N–H and O–H groups in total. The highest BCUT2D eigenvalue weighted by Gasteiger charge is 2.26. The van der Waals surface area contributed by atoms with Crippen molar-refractivity contribution >= 4 is 24.3 Å². The molecule has 0 saturated carbocycles. The highest BCUT2D eigenvalue weighted by Crippen LogP contribution is 2.33. The molecule has 0 spiro atoms. The Morgan fingerprint density at radius 1 is 1.11 bits per heavy atom. The summed E-state index contributed by atoms with van der Waals surface area (Å²) in [7, 11) is 0. The van der Waals surface area contributed by atoms with E-state index in [9.17, 15) is 13.6 Å². The van der Waals surface area contributed by atoms with Crippen LogP contribution in [0.4, 0.5) is 25.1 Å². The number of carbonyl (C=O) groups is 1. The Bertz CT molecular complexity index is 1060. The summed E-state index contributed by atoms with van der Waals surface area (Å²) in [6, 6.07) is 6.64. The van der Waals surface area contributed by atoms with Gasteiger partial charge < -0.3 is 19.3 Å².